The Balaban J connectivity index is 1.49. The number of halogens is 1. The number of rotatable bonds is 7. The molecule has 1 heterocycles. The second-order valence-electron chi connectivity index (χ2n) is 6.15. The Labute approximate surface area is 161 Å². The van der Waals surface area contributed by atoms with Crippen molar-refractivity contribution < 1.29 is 18.4 Å². The van der Waals surface area contributed by atoms with Gasteiger partial charge in [-0.1, -0.05) is 30.3 Å². The van der Waals surface area contributed by atoms with Crippen LogP contribution in [-0.2, 0) is 11.2 Å². The maximum Gasteiger partial charge on any atom is 0.251 e. The number of hydrogen-bond acceptors (Lipinski definition) is 4. The molecular weight excluding hydrogens is 361 g/mol. The van der Waals surface area contributed by atoms with E-state index in [-0.39, 0.29) is 36.2 Å². The summed E-state index contributed by atoms with van der Waals surface area (Å²) < 4.78 is 19.4. The molecule has 6 nitrogen and oxygen atoms in total. The van der Waals surface area contributed by atoms with Gasteiger partial charge in [0, 0.05) is 18.7 Å². The molecule has 1 aromatic heterocycles. The zero-order chi connectivity index (χ0) is 19.9. The summed E-state index contributed by atoms with van der Waals surface area (Å²) in [6, 6.07) is 15.0. The van der Waals surface area contributed by atoms with Crippen LogP contribution in [0.1, 0.15) is 21.8 Å². The van der Waals surface area contributed by atoms with Crippen LogP contribution in [0.15, 0.2) is 59.0 Å². The van der Waals surface area contributed by atoms with Gasteiger partial charge in [0.05, 0.1) is 17.7 Å². The van der Waals surface area contributed by atoms with Crippen molar-refractivity contribution in [3.8, 4) is 11.5 Å². The van der Waals surface area contributed by atoms with Crippen LogP contribution in [0.3, 0.4) is 0 Å². The Morgan fingerprint density at radius 3 is 2.43 bits per heavy atom. The van der Waals surface area contributed by atoms with Crippen LogP contribution in [0.5, 0.6) is 0 Å². The van der Waals surface area contributed by atoms with Crippen molar-refractivity contribution in [2.45, 2.75) is 13.3 Å². The van der Waals surface area contributed by atoms with Gasteiger partial charge in [0.2, 0.25) is 11.8 Å². The first-order valence-corrected chi connectivity index (χ1v) is 8.85. The summed E-state index contributed by atoms with van der Waals surface area (Å²) >= 11 is 0. The molecule has 0 fully saturated rings. The van der Waals surface area contributed by atoms with Crippen molar-refractivity contribution in [1.82, 2.24) is 15.6 Å². The van der Waals surface area contributed by atoms with Crippen LogP contribution in [-0.4, -0.2) is 29.9 Å². The molecule has 0 spiro atoms. The van der Waals surface area contributed by atoms with E-state index in [9.17, 15) is 14.0 Å². The van der Waals surface area contributed by atoms with Crippen molar-refractivity contribution in [3.63, 3.8) is 0 Å². The molecule has 0 saturated carbocycles. The Morgan fingerprint density at radius 2 is 1.68 bits per heavy atom. The van der Waals surface area contributed by atoms with Gasteiger partial charge in [-0.3, -0.25) is 9.59 Å². The number of aromatic nitrogens is 1. The van der Waals surface area contributed by atoms with Gasteiger partial charge in [-0.2, -0.15) is 0 Å². The molecular formula is C21H20FN3O3. The minimum Gasteiger partial charge on any atom is -0.441 e. The summed E-state index contributed by atoms with van der Waals surface area (Å²) in [6.45, 7) is 2.27. The molecule has 3 rings (SSSR count). The van der Waals surface area contributed by atoms with Crippen LogP contribution < -0.4 is 10.6 Å². The lowest BCUT2D eigenvalue weighted by Gasteiger charge is -2.06. The molecule has 2 amide bonds. The maximum atomic E-state index is 13.9. The zero-order valence-electron chi connectivity index (χ0n) is 15.4. The quantitative estimate of drug-likeness (QED) is 0.617. The molecule has 0 aliphatic heterocycles. The van der Waals surface area contributed by atoms with E-state index < -0.39 is 5.82 Å². The predicted molar refractivity (Wildman–Crippen MR) is 102 cm³/mol. The van der Waals surface area contributed by atoms with Crippen LogP contribution in [0, 0.1) is 12.7 Å². The average molecular weight is 381 g/mol. The number of oxazole rings is 1. The molecule has 0 atom stereocenters. The van der Waals surface area contributed by atoms with E-state index in [1.54, 1.807) is 49.4 Å². The number of benzene rings is 2. The number of nitrogens with one attached hydrogen (secondary N) is 2. The summed E-state index contributed by atoms with van der Waals surface area (Å²) in [7, 11) is 0. The minimum absolute atomic E-state index is 0.0103. The second kappa shape index (κ2) is 8.94. The van der Waals surface area contributed by atoms with Crippen LogP contribution in [0.4, 0.5) is 4.39 Å². The maximum absolute atomic E-state index is 13.9. The molecule has 2 N–H and O–H groups in total. The molecule has 0 aliphatic carbocycles. The predicted octanol–water partition coefficient (Wildman–Crippen LogP) is 2.88. The third kappa shape index (κ3) is 4.82. The number of carbonyl (C=O) groups excluding carboxylic acids is 2. The number of nitrogens with zero attached hydrogens (tertiary/aromatic N) is 1. The van der Waals surface area contributed by atoms with Crippen molar-refractivity contribution in [1.29, 1.82) is 0 Å². The zero-order valence-corrected chi connectivity index (χ0v) is 15.4. The Bertz CT molecular complexity index is 970. The summed E-state index contributed by atoms with van der Waals surface area (Å²) in [6.07, 6.45) is 0.0103. The fourth-order valence-corrected chi connectivity index (χ4v) is 2.63. The molecule has 28 heavy (non-hydrogen) atoms. The Morgan fingerprint density at radius 1 is 1.00 bits per heavy atom. The van der Waals surface area contributed by atoms with Crippen molar-refractivity contribution in [3.05, 3.63) is 77.4 Å². The van der Waals surface area contributed by atoms with Crippen LogP contribution in [0.2, 0.25) is 0 Å². The van der Waals surface area contributed by atoms with Gasteiger partial charge >= 0.3 is 0 Å². The average Bonchev–Trinajstić information content (AvgIpc) is 3.06. The van der Waals surface area contributed by atoms with E-state index in [0.29, 0.717) is 23.6 Å². The molecule has 7 heteroatoms. The lowest BCUT2D eigenvalue weighted by molar-refractivity contribution is -0.120. The lowest BCUT2D eigenvalue weighted by atomic mass is 10.2. The van der Waals surface area contributed by atoms with Crippen molar-refractivity contribution in [2.75, 3.05) is 13.1 Å². The highest BCUT2D eigenvalue weighted by atomic mass is 19.1. The van der Waals surface area contributed by atoms with Gasteiger partial charge in [-0.05, 0) is 31.2 Å². The van der Waals surface area contributed by atoms with Crippen LogP contribution >= 0.6 is 0 Å². The van der Waals surface area contributed by atoms with Crippen molar-refractivity contribution >= 4 is 11.8 Å². The fourth-order valence-electron chi connectivity index (χ4n) is 2.63. The molecule has 2 aromatic carbocycles. The van der Waals surface area contributed by atoms with E-state index >= 15 is 0 Å². The Kier molecular flexibility index (Phi) is 6.16. The molecule has 0 radical (unpaired) electrons. The summed E-state index contributed by atoms with van der Waals surface area (Å²) in [5.41, 5.74) is 1.26. The van der Waals surface area contributed by atoms with Crippen molar-refractivity contribution in [2.24, 2.45) is 0 Å². The van der Waals surface area contributed by atoms with E-state index in [2.05, 4.69) is 15.6 Å². The normalized spacial score (nSPS) is 10.5. The van der Waals surface area contributed by atoms with Gasteiger partial charge in [0.25, 0.3) is 5.91 Å². The van der Waals surface area contributed by atoms with E-state index in [0.717, 1.165) is 0 Å². The van der Waals surface area contributed by atoms with Gasteiger partial charge in [0.1, 0.15) is 11.6 Å². The highest BCUT2D eigenvalue weighted by molar-refractivity contribution is 5.94. The van der Waals surface area contributed by atoms with Gasteiger partial charge in [-0.15, -0.1) is 0 Å². The number of aryl methyl sites for hydroxylation is 1. The topological polar surface area (TPSA) is 84.2 Å². The monoisotopic (exact) mass is 381 g/mol. The summed E-state index contributed by atoms with van der Waals surface area (Å²) in [4.78, 5) is 28.3. The second-order valence-corrected chi connectivity index (χ2v) is 6.15. The van der Waals surface area contributed by atoms with E-state index in [1.807, 2.05) is 6.07 Å². The molecule has 3 aromatic rings. The third-order valence-electron chi connectivity index (χ3n) is 4.09. The highest BCUT2D eigenvalue weighted by Crippen LogP contribution is 2.24. The SMILES string of the molecule is Cc1oc(-c2ccccc2F)nc1CC(=O)NCCNC(=O)c1ccccc1. The Hall–Kier alpha value is -3.48. The van der Waals surface area contributed by atoms with Gasteiger partial charge < -0.3 is 15.1 Å². The number of carbonyl (C=O) groups is 2. The third-order valence-corrected chi connectivity index (χ3v) is 4.09. The molecule has 0 bridgehead atoms. The van der Waals surface area contributed by atoms with E-state index in [1.165, 1.54) is 6.07 Å². The number of amides is 2. The molecule has 144 valence electrons. The molecule has 0 saturated heterocycles. The summed E-state index contributed by atoms with van der Waals surface area (Å²) in [5, 5.41) is 5.45. The fraction of sp³-hybridized carbons (Fsp3) is 0.190. The standard InChI is InChI=1S/C21H20FN3O3/c1-14-18(25-21(28-14)16-9-5-6-10-17(16)22)13-19(26)23-11-12-24-20(27)15-7-3-2-4-8-15/h2-10H,11-13H2,1H3,(H,23,26)(H,24,27). The van der Waals surface area contributed by atoms with E-state index in [4.69, 9.17) is 4.42 Å². The highest BCUT2D eigenvalue weighted by Gasteiger charge is 2.16. The first-order chi connectivity index (χ1) is 13.5. The first-order valence-electron chi connectivity index (χ1n) is 8.85. The molecule has 0 unspecified atom stereocenters. The first kappa shape index (κ1) is 19.3. The van der Waals surface area contributed by atoms with Crippen LogP contribution in [0.25, 0.3) is 11.5 Å². The lowest BCUT2D eigenvalue weighted by Crippen LogP contribution is -2.35. The van der Waals surface area contributed by atoms with Gasteiger partial charge in [0.15, 0.2) is 0 Å². The van der Waals surface area contributed by atoms with Gasteiger partial charge in [-0.25, -0.2) is 9.37 Å². The smallest absolute Gasteiger partial charge is 0.251 e. The number of hydrogen-bond donors (Lipinski definition) is 2. The minimum atomic E-state index is -0.436. The summed E-state index contributed by atoms with van der Waals surface area (Å²) in [5.74, 6) is -0.282. The largest absolute Gasteiger partial charge is 0.441 e. The molecule has 0 aliphatic rings.